The van der Waals surface area contributed by atoms with Gasteiger partial charge in [0.05, 0.1) is 10.2 Å². The maximum absolute atomic E-state index is 12.7. The van der Waals surface area contributed by atoms with Gasteiger partial charge in [0, 0.05) is 18.7 Å². The molecule has 2 aromatic rings. The van der Waals surface area contributed by atoms with E-state index in [1.54, 1.807) is 0 Å². The average Bonchev–Trinajstić information content (AvgIpc) is 2.74. The number of nitrogens with zero attached hydrogens (tertiary/aromatic N) is 2. The number of benzene rings is 1. The number of aromatic nitrogens is 1. The van der Waals surface area contributed by atoms with E-state index in [9.17, 15) is 4.79 Å². The van der Waals surface area contributed by atoms with E-state index in [1.165, 1.54) is 11.3 Å². The molecule has 0 saturated carbocycles. The normalized spacial score (nSPS) is 11.5. The number of carbonyl (C=O) groups excluding carboxylic acids is 1. The van der Waals surface area contributed by atoms with Crippen molar-refractivity contribution in [3.05, 3.63) is 23.8 Å². The van der Waals surface area contributed by atoms with Crippen LogP contribution >= 0.6 is 11.3 Å². The summed E-state index contributed by atoms with van der Waals surface area (Å²) >= 11 is 1.42. The van der Waals surface area contributed by atoms with Crippen LogP contribution in [0.5, 0.6) is 0 Å². The van der Waals surface area contributed by atoms with Gasteiger partial charge in [-0.15, -0.1) is 0 Å². The summed E-state index contributed by atoms with van der Waals surface area (Å²) < 4.78 is 0.965. The maximum atomic E-state index is 12.7. The molecular formula is C16H23N3OS. The standard InChI is InChI=1S/C16H23N3OS/c1-10(2)8-19(9-11(3)4)15(20)12-5-6-13-14(7-12)21-16(17)18-13/h5-7,10-11H,8-9H2,1-4H3,(H2,17,18). The highest BCUT2D eigenvalue weighted by molar-refractivity contribution is 7.22. The lowest BCUT2D eigenvalue weighted by Crippen LogP contribution is -2.37. The fourth-order valence-electron chi connectivity index (χ4n) is 2.38. The second-order valence-corrected chi connectivity index (χ2v) is 7.29. The Hall–Kier alpha value is -1.62. The molecule has 1 amide bonds. The zero-order valence-electron chi connectivity index (χ0n) is 13.1. The molecule has 0 spiro atoms. The fourth-order valence-corrected chi connectivity index (χ4v) is 3.15. The summed E-state index contributed by atoms with van der Waals surface area (Å²) in [6.07, 6.45) is 0. The molecule has 4 nitrogen and oxygen atoms in total. The predicted octanol–water partition coefficient (Wildman–Crippen LogP) is 3.63. The Balaban J connectivity index is 2.28. The van der Waals surface area contributed by atoms with Gasteiger partial charge in [-0.2, -0.15) is 0 Å². The van der Waals surface area contributed by atoms with Crippen LogP contribution in [0.2, 0.25) is 0 Å². The Kier molecular flexibility index (Phi) is 4.83. The van der Waals surface area contributed by atoms with E-state index >= 15 is 0 Å². The van der Waals surface area contributed by atoms with Gasteiger partial charge in [-0.25, -0.2) is 4.98 Å². The van der Waals surface area contributed by atoms with Crippen molar-refractivity contribution in [1.82, 2.24) is 9.88 Å². The summed E-state index contributed by atoms with van der Waals surface area (Å²) in [7, 11) is 0. The van der Waals surface area contributed by atoms with Crippen LogP contribution in [0, 0.1) is 11.8 Å². The number of nitrogen functional groups attached to an aromatic ring is 1. The number of amides is 1. The van der Waals surface area contributed by atoms with Gasteiger partial charge in [-0.05, 0) is 30.0 Å². The van der Waals surface area contributed by atoms with E-state index in [0.717, 1.165) is 23.3 Å². The van der Waals surface area contributed by atoms with Crippen LogP contribution in [0.4, 0.5) is 5.13 Å². The Morgan fingerprint density at radius 3 is 2.43 bits per heavy atom. The van der Waals surface area contributed by atoms with E-state index in [2.05, 4.69) is 32.7 Å². The molecular weight excluding hydrogens is 282 g/mol. The van der Waals surface area contributed by atoms with E-state index in [-0.39, 0.29) is 5.91 Å². The Morgan fingerprint density at radius 2 is 1.86 bits per heavy atom. The minimum atomic E-state index is 0.0891. The quantitative estimate of drug-likeness (QED) is 0.917. The third kappa shape index (κ3) is 3.94. The number of anilines is 1. The van der Waals surface area contributed by atoms with E-state index in [0.29, 0.717) is 22.5 Å². The predicted molar refractivity (Wildman–Crippen MR) is 89.6 cm³/mol. The Labute approximate surface area is 130 Å². The smallest absolute Gasteiger partial charge is 0.253 e. The first-order chi connectivity index (χ1) is 9.86. The number of nitrogens with two attached hydrogens (primary N) is 1. The second-order valence-electron chi connectivity index (χ2n) is 6.23. The van der Waals surface area contributed by atoms with Crippen LogP contribution in [0.3, 0.4) is 0 Å². The molecule has 1 aromatic heterocycles. The average molecular weight is 305 g/mol. The van der Waals surface area contributed by atoms with Crippen LogP contribution in [0.25, 0.3) is 10.2 Å². The van der Waals surface area contributed by atoms with Crippen LogP contribution in [-0.2, 0) is 0 Å². The molecule has 0 radical (unpaired) electrons. The number of hydrogen-bond acceptors (Lipinski definition) is 4. The minimum absolute atomic E-state index is 0.0891. The van der Waals surface area contributed by atoms with Crippen LogP contribution in [-0.4, -0.2) is 28.9 Å². The molecule has 0 bridgehead atoms. The van der Waals surface area contributed by atoms with Crippen molar-refractivity contribution in [2.75, 3.05) is 18.8 Å². The van der Waals surface area contributed by atoms with Crippen molar-refractivity contribution >= 4 is 32.6 Å². The first-order valence-electron chi connectivity index (χ1n) is 7.32. The first-order valence-corrected chi connectivity index (χ1v) is 8.13. The van der Waals surface area contributed by atoms with Gasteiger partial charge in [0.2, 0.25) is 0 Å². The Bertz CT molecular complexity index is 623. The summed E-state index contributed by atoms with van der Waals surface area (Å²) in [5.74, 6) is 0.997. The molecule has 1 aromatic carbocycles. The van der Waals surface area contributed by atoms with Crippen LogP contribution in [0.1, 0.15) is 38.1 Å². The molecule has 0 fully saturated rings. The Morgan fingerprint density at radius 1 is 1.24 bits per heavy atom. The highest BCUT2D eigenvalue weighted by Gasteiger charge is 2.18. The van der Waals surface area contributed by atoms with Gasteiger partial charge in [-0.1, -0.05) is 39.0 Å². The number of fused-ring (bicyclic) bond motifs is 1. The van der Waals surface area contributed by atoms with Crippen molar-refractivity contribution in [3.8, 4) is 0 Å². The van der Waals surface area contributed by atoms with Gasteiger partial charge < -0.3 is 10.6 Å². The fraction of sp³-hybridized carbons (Fsp3) is 0.500. The summed E-state index contributed by atoms with van der Waals surface area (Å²) in [5, 5.41) is 0.538. The molecule has 0 saturated heterocycles. The van der Waals surface area contributed by atoms with Crippen molar-refractivity contribution in [1.29, 1.82) is 0 Å². The topological polar surface area (TPSA) is 59.2 Å². The van der Waals surface area contributed by atoms with Crippen LogP contribution < -0.4 is 5.73 Å². The molecule has 21 heavy (non-hydrogen) atoms. The molecule has 114 valence electrons. The number of carbonyl (C=O) groups is 1. The minimum Gasteiger partial charge on any atom is -0.375 e. The van der Waals surface area contributed by atoms with Gasteiger partial charge in [0.1, 0.15) is 0 Å². The zero-order chi connectivity index (χ0) is 15.6. The van der Waals surface area contributed by atoms with Crippen molar-refractivity contribution in [3.63, 3.8) is 0 Å². The monoisotopic (exact) mass is 305 g/mol. The number of rotatable bonds is 5. The summed E-state index contributed by atoms with van der Waals surface area (Å²) in [5.41, 5.74) is 7.29. The molecule has 0 aliphatic heterocycles. The van der Waals surface area contributed by atoms with Gasteiger partial charge in [-0.3, -0.25) is 4.79 Å². The third-order valence-electron chi connectivity index (χ3n) is 3.11. The van der Waals surface area contributed by atoms with Crippen molar-refractivity contribution in [2.45, 2.75) is 27.7 Å². The lowest BCUT2D eigenvalue weighted by molar-refractivity contribution is 0.0715. The summed E-state index contributed by atoms with van der Waals surface area (Å²) in [6.45, 7) is 10.1. The third-order valence-corrected chi connectivity index (χ3v) is 3.96. The highest BCUT2D eigenvalue weighted by Crippen LogP contribution is 2.25. The summed E-state index contributed by atoms with van der Waals surface area (Å²) in [4.78, 5) is 18.9. The van der Waals surface area contributed by atoms with Gasteiger partial charge >= 0.3 is 0 Å². The first kappa shape index (κ1) is 15.8. The second kappa shape index (κ2) is 6.43. The van der Waals surface area contributed by atoms with Crippen LogP contribution in [0.15, 0.2) is 18.2 Å². The molecule has 1 heterocycles. The molecule has 2 rings (SSSR count). The highest BCUT2D eigenvalue weighted by atomic mass is 32.1. The molecule has 2 N–H and O–H groups in total. The van der Waals surface area contributed by atoms with E-state index in [1.807, 2.05) is 23.1 Å². The molecule has 0 unspecified atom stereocenters. The zero-order valence-corrected chi connectivity index (χ0v) is 13.9. The molecule has 0 atom stereocenters. The largest absolute Gasteiger partial charge is 0.375 e. The number of hydrogen-bond donors (Lipinski definition) is 1. The van der Waals surface area contributed by atoms with Gasteiger partial charge in [0.15, 0.2) is 5.13 Å². The van der Waals surface area contributed by atoms with E-state index < -0.39 is 0 Å². The van der Waals surface area contributed by atoms with Gasteiger partial charge in [0.25, 0.3) is 5.91 Å². The summed E-state index contributed by atoms with van der Waals surface area (Å²) in [6, 6.07) is 5.62. The lowest BCUT2D eigenvalue weighted by atomic mass is 10.1. The van der Waals surface area contributed by atoms with Crippen molar-refractivity contribution < 1.29 is 4.79 Å². The lowest BCUT2D eigenvalue weighted by Gasteiger charge is -2.26. The molecule has 0 aliphatic carbocycles. The molecule has 0 aliphatic rings. The van der Waals surface area contributed by atoms with Crippen molar-refractivity contribution in [2.24, 2.45) is 11.8 Å². The maximum Gasteiger partial charge on any atom is 0.253 e. The molecule has 5 heteroatoms. The number of thiazole rings is 1. The van der Waals surface area contributed by atoms with E-state index in [4.69, 9.17) is 5.73 Å². The SMILES string of the molecule is CC(C)CN(CC(C)C)C(=O)c1ccc2nc(N)sc2c1.